The summed E-state index contributed by atoms with van der Waals surface area (Å²) < 4.78 is 9.57. The summed E-state index contributed by atoms with van der Waals surface area (Å²) in [6.07, 6.45) is 0.0387. The molecule has 0 unspecified atom stereocenters. The Morgan fingerprint density at radius 1 is 1.46 bits per heavy atom. The van der Waals surface area contributed by atoms with Crippen molar-refractivity contribution in [3.63, 3.8) is 0 Å². The van der Waals surface area contributed by atoms with Crippen molar-refractivity contribution in [1.82, 2.24) is 0 Å². The lowest BCUT2D eigenvalue weighted by atomic mass is 10.1. The standard InChI is InChI=1S/C9H18O4/c1-7(2)4-5-13-8(6-10)9(11)12-3/h7-8,10H,4-6H2,1-3H3/t8-/m1/s1. The maximum absolute atomic E-state index is 10.9. The van der Waals surface area contributed by atoms with Crippen LogP contribution in [-0.2, 0) is 14.3 Å². The molecular formula is C9H18O4. The van der Waals surface area contributed by atoms with Crippen LogP contribution in [0.2, 0.25) is 0 Å². The Morgan fingerprint density at radius 2 is 2.08 bits per heavy atom. The summed E-state index contributed by atoms with van der Waals surface area (Å²) in [6, 6.07) is 0. The molecule has 0 radical (unpaired) electrons. The summed E-state index contributed by atoms with van der Waals surface area (Å²) in [4.78, 5) is 10.9. The predicted octanol–water partition coefficient (Wildman–Crippen LogP) is 0.583. The molecule has 4 nitrogen and oxygen atoms in total. The first-order chi connectivity index (χ1) is 6.11. The highest BCUT2D eigenvalue weighted by Gasteiger charge is 2.18. The van der Waals surface area contributed by atoms with E-state index >= 15 is 0 Å². The van der Waals surface area contributed by atoms with Crippen molar-refractivity contribution in [2.45, 2.75) is 26.4 Å². The van der Waals surface area contributed by atoms with Crippen LogP contribution in [0.3, 0.4) is 0 Å². The topological polar surface area (TPSA) is 55.8 Å². The number of esters is 1. The largest absolute Gasteiger partial charge is 0.467 e. The van der Waals surface area contributed by atoms with Crippen LogP contribution in [0.5, 0.6) is 0 Å². The quantitative estimate of drug-likeness (QED) is 0.622. The van der Waals surface area contributed by atoms with Crippen molar-refractivity contribution in [2.75, 3.05) is 20.3 Å². The van der Waals surface area contributed by atoms with Gasteiger partial charge in [0.15, 0.2) is 6.10 Å². The van der Waals surface area contributed by atoms with E-state index in [2.05, 4.69) is 18.6 Å². The summed E-state index contributed by atoms with van der Waals surface area (Å²) in [5, 5.41) is 8.77. The molecule has 0 saturated carbocycles. The molecular weight excluding hydrogens is 172 g/mol. The number of ether oxygens (including phenoxy) is 2. The number of hydrogen-bond donors (Lipinski definition) is 1. The Hall–Kier alpha value is -0.610. The van der Waals surface area contributed by atoms with Crippen LogP contribution >= 0.6 is 0 Å². The molecule has 0 aliphatic rings. The summed E-state index contributed by atoms with van der Waals surface area (Å²) >= 11 is 0. The van der Waals surface area contributed by atoms with Gasteiger partial charge in [0.1, 0.15) is 0 Å². The van der Waals surface area contributed by atoms with Crippen LogP contribution in [0.15, 0.2) is 0 Å². The van der Waals surface area contributed by atoms with E-state index in [1.54, 1.807) is 0 Å². The van der Waals surface area contributed by atoms with Gasteiger partial charge in [-0.15, -0.1) is 0 Å². The number of methoxy groups -OCH3 is 1. The minimum absolute atomic E-state index is 0.329. The van der Waals surface area contributed by atoms with Gasteiger partial charge in [-0.25, -0.2) is 4.79 Å². The number of carbonyl (C=O) groups is 1. The first kappa shape index (κ1) is 12.4. The van der Waals surface area contributed by atoms with Gasteiger partial charge in [0.25, 0.3) is 0 Å². The van der Waals surface area contributed by atoms with Crippen molar-refractivity contribution in [2.24, 2.45) is 5.92 Å². The predicted molar refractivity (Wildman–Crippen MR) is 48.3 cm³/mol. The second kappa shape index (κ2) is 6.86. The third kappa shape index (κ3) is 5.60. The number of hydrogen-bond acceptors (Lipinski definition) is 4. The first-order valence-electron chi connectivity index (χ1n) is 4.42. The second-order valence-corrected chi connectivity index (χ2v) is 3.25. The monoisotopic (exact) mass is 190 g/mol. The molecule has 0 aromatic carbocycles. The molecule has 0 amide bonds. The normalized spacial score (nSPS) is 13.0. The third-order valence-corrected chi connectivity index (χ3v) is 1.64. The van der Waals surface area contributed by atoms with E-state index in [0.29, 0.717) is 12.5 Å². The highest BCUT2D eigenvalue weighted by Crippen LogP contribution is 2.02. The molecule has 0 aliphatic carbocycles. The molecule has 0 spiro atoms. The Labute approximate surface area is 78.8 Å². The molecule has 0 aromatic rings. The van der Waals surface area contributed by atoms with Gasteiger partial charge in [-0.05, 0) is 12.3 Å². The second-order valence-electron chi connectivity index (χ2n) is 3.25. The van der Waals surface area contributed by atoms with E-state index < -0.39 is 12.1 Å². The molecule has 1 atom stereocenters. The molecule has 1 N–H and O–H groups in total. The van der Waals surface area contributed by atoms with Crippen molar-refractivity contribution in [1.29, 1.82) is 0 Å². The zero-order chi connectivity index (χ0) is 10.3. The minimum atomic E-state index is -0.830. The van der Waals surface area contributed by atoms with Crippen molar-refractivity contribution in [3.05, 3.63) is 0 Å². The maximum atomic E-state index is 10.9. The summed E-state index contributed by atoms with van der Waals surface area (Å²) in [7, 11) is 1.27. The van der Waals surface area contributed by atoms with Crippen LogP contribution in [0.1, 0.15) is 20.3 Å². The fourth-order valence-corrected chi connectivity index (χ4v) is 0.773. The molecule has 4 heteroatoms. The molecule has 0 heterocycles. The molecule has 0 bridgehead atoms. The molecule has 78 valence electrons. The number of aliphatic hydroxyl groups excluding tert-OH is 1. The van der Waals surface area contributed by atoms with Crippen LogP contribution < -0.4 is 0 Å². The fraction of sp³-hybridized carbons (Fsp3) is 0.889. The first-order valence-corrected chi connectivity index (χ1v) is 4.42. The van der Waals surface area contributed by atoms with Gasteiger partial charge in [-0.2, -0.15) is 0 Å². The van der Waals surface area contributed by atoms with E-state index in [4.69, 9.17) is 9.84 Å². The van der Waals surface area contributed by atoms with Gasteiger partial charge in [0, 0.05) is 6.61 Å². The fourth-order valence-electron chi connectivity index (χ4n) is 0.773. The van der Waals surface area contributed by atoms with E-state index in [0.717, 1.165) is 6.42 Å². The average Bonchev–Trinajstić information content (AvgIpc) is 2.11. The molecule has 0 rings (SSSR count). The molecule has 0 aliphatic heterocycles. The zero-order valence-electron chi connectivity index (χ0n) is 8.45. The average molecular weight is 190 g/mol. The van der Waals surface area contributed by atoms with Crippen molar-refractivity contribution >= 4 is 5.97 Å². The highest BCUT2D eigenvalue weighted by molar-refractivity contribution is 5.74. The Morgan fingerprint density at radius 3 is 2.46 bits per heavy atom. The van der Waals surface area contributed by atoms with Gasteiger partial charge < -0.3 is 14.6 Å². The zero-order valence-corrected chi connectivity index (χ0v) is 8.45. The van der Waals surface area contributed by atoms with E-state index in [9.17, 15) is 4.79 Å². The SMILES string of the molecule is COC(=O)[C@@H](CO)OCCC(C)C. The van der Waals surface area contributed by atoms with Crippen molar-refractivity contribution < 1.29 is 19.4 Å². The summed E-state index contributed by atoms with van der Waals surface area (Å²) in [5.74, 6) is 0.00301. The molecule has 0 saturated heterocycles. The highest BCUT2D eigenvalue weighted by atomic mass is 16.6. The summed E-state index contributed by atoms with van der Waals surface area (Å²) in [5.41, 5.74) is 0. The Balaban J connectivity index is 3.66. The van der Waals surface area contributed by atoms with E-state index in [1.165, 1.54) is 7.11 Å². The number of carbonyl (C=O) groups excluding carboxylic acids is 1. The maximum Gasteiger partial charge on any atom is 0.337 e. The van der Waals surface area contributed by atoms with Gasteiger partial charge in [-0.3, -0.25) is 0 Å². The Kier molecular flexibility index (Phi) is 6.54. The lowest BCUT2D eigenvalue weighted by Gasteiger charge is -2.13. The molecule has 13 heavy (non-hydrogen) atoms. The summed E-state index contributed by atoms with van der Waals surface area (Å²) in [6.45, 7) is 4.27. The van der Waals surface area contributed by atoms with Gasteiger partial charge in [0.05, 0.1) is 13.7 Å². The molecule has 0 fully saturated rings. The number of aliphatic hydroxyl groups is 1. The van der Waals surface area contributed by atoms with Crippen LogP contribution in [0, 0.1) is 5.92 Å². The molecule has 0 aromatic heterocycles. The minimum Gasteiger partial charge on any atom is -0.467 e. The van der Waals surface area contributed by atoms with Gasteiger partial charge >= 0.3 is 5.97 Å². The lowest BCUT2D eigenvalue weighted by molar-refractivity contribution is -0.156. The van der Waals surface area contributed by atoms with Crippen molar-refractivity contribution in [3.8, 4) is 0 Å². The van der Waals surface area contributed by atoms with E-state index in [-0.39, 0.29) is 6.61 Å². The van der Waals surface area contributed by atoms with Crippen LogP contribution in [0.25, 0.3) is 0 Å². The number of rotatable bonds is 6. The smallest absolute Gasteiger partial charge is 0.337 e. The van der Waals surface area contributed by atoms with Gasteiger partial charge in [-0.1, -0.05) is 13.8 Å². The van der Waals surface area contributed by atoms with Gasteiger partial charge in [0.2, 0.25) is 0 Å². The van der Waals surface area contributed by atoms with E-state index in [1.807, 2.05) is 0 Å². The third-order valence-electron chi connectivity index (χ3n) is 1.64. The lowest BCUT2D eigenvalue weighted by Crippen LogP contribution is -2.29. The van der Waals surface area contributed by atoms with Crippen LogP contribution in [-0.4, -0.2) is 37.5 Å². The Bertz CT molecular complexity index is 145. The van der Waals surface area contributed by atoms with Crippen LogP contribution in [0.4, 0.5) is 0 Å².